The normalized spacial score (nSPS) is 18.1. The molecule has 1 saturated heterocycles. The summed E-state index contributed by atoms with van der Waals surface area (Å²) in [4.78, 5) is 24.7. The fourth-order valence-corrected chi connectivity index (χ4v) is 2.18. The number of anilines is 1. The van der Waals surface area contributed by atoms with Gasteiger partial charge in [0.15, 0.2) is 0 Å². The number of carbonyl (C=O) groups excluding carboxylic acids is 2. The average Bonchev–Trinajstić information content (AvgIpc) is 2.91. The van der Waals surface area contributed by atoms with Gasteiger partial charge in [-0.05, 0) is 37.2 Å². The van der Waals surface area contributed by atoms with Crippen molar-refractivity contribution in [2.75, 3.05) is 25.5 Å². The van der Waals surface area contributed by atoms with Gasteiger partial charge in [0.25, 0.3) is 5.91 Å². The van der Waals surface area contributed by atoms with Gasteiger partial charge in [0.1, 0.15) is 0 Å². The van der Waals surface area contributed by atoms with Gasteiger partial charge in [-0.2, -0.15) is 0 Å². The number of nitrogens with zero attached hydrogens (tertiary/aromatic N) is 1. The van der Waals surface area contributed by atoms with E-state index in [1.807, 2.05) is 7.05 Å². The zero-order valence-electron chi connectivity index (χ0n) is 10.8. The molecule has 1 aliphatic rings. The van der Waals surface area contributed by atoms with E-state index >= 15 is 0 Å². The van der Waals surface area contributed by atoms with E-state index in [0.29, 0.717) is 11.3 Å². The molecular weight excluding hydrogens is 244 g/mol. The molecule has 1 aliphatic heterocycles. The number of urea groups is 1. The quantitative estimate of drug-likeness (QED) is 0.746. The van der Waals surface area contributed by atoms with Gasteiger partial charge in [-0.15, -0.1) is 0 Å². The lowest BCUT2D eigenvalue weighted by Crippen LogP contribution is -2.38. The summed E-state index contributed by atoms with van der Waals surface area (Å²) in [6.45, 7) is 1.79. The van der Waals surface area contributed by atoms with Crippen LogP contribution >= 0.6 is 0 Å². The zero-order chi connectivity index (χ0) is 13.8. The minimum absolute atomic E-state index is 0.0145. The summed E-state index contributed by atoms with van der Waals surface area (Å²) in [6.07, 6.45) is 0.976. The lowest BCUT2D eigenvalue weighted by Gasteiger charge is -2.23. The first kappa shape index (κ1) is 13.4. The van der Waals surface area contributed by atoms with Crippen molar-refractivity contribution in [3.8, 4) is 0 Å². The van der Waals surface area contributed by atoms with Crippen molar-refractivity contribution in [2.24, 2.45) is 5.73 Å². The van der Waals surface area contributed by atoms with Crippen molar-refractivity contribution in [3.05, 3.63) is 29.8 Å². The van der Waals surface area contributed by atoms with Crippen LogP contribution in [0, 0.1) is 0 Å². The highest BCUT2D eigenvalue weighted by Crippen LogP contribution is 2.14. The summed E-state index contributed by atoms with van der Waals surface area (Å²) in [5, 5.41) is 5.69. The van der Waals surface area contributed by atoms with Crippen molar-refractivity contribution < 1.29 is 9.59 Å². The fraction of sp³-hybridized carbons (Fsp3) is 0.385. The number of nitrogens with one attached hydrogen (secondary N) is 2. The van der Waals surface area contributed by atoms with Crippen molar-refractivity contribution in [2.45, 2.75) is 12.5 Å². The Balaban J connectivity index is 2.04. The van der Waals surface area contributed by atoms with Crippen LogP contribution in [0.3, 0.4) is 0 Å². The van der Waals surface area contributed by atoms with Crippen molar-refractivity contribution in [1.82, 2.24) is 10.2 Å². The molecule has 2 rings (SSSR count). The maximum absolute atomic E-state index is 12.3. The maximum Gasteiger partial charge on any atom is 0.316 e. The molecule has 3 amide bonds. The molecule has 102 valence electrons. The topological polar surface area (TPSA) is 87.5 Å². The molecule has 6 heteroatoms. The van der Waals surface area contributed by atoms with Crippen LogP contribution in [0.4, 0.5) is 10.5 Å². The van der Waals surface area contributed by atoms with Crippen LogP contribution in [0.15, 0.2) is 24.3 Å². The Hall–Kier alpha value is -2.08. The summed E-state index contributed by atoms with van der Waals surface area (Å²) in [5.41, 5.74) is 6.20. The largest absolute Gasteiger partial charge is 0.351 e. The second-order valence-electron chi connectivity index (χ2n) is 4.63. The van der Waals surface area contributed by atoms with E-state index in [4.69, 9.17) is 5.73 Å². The summed E-state index contributed by atoms with van der Waals surface area (Å²) in [6, 6.07) is 6.33. The van der Waals surface area contributed by atoms with Crippen LogP contribution in [0.5, 0.6) is 0 Å². The number of amides is 3. The number of primary amides is 1. The van der Waals surface area contributed by atoms with E-state index in [9.17, 15) is 9.59 Å². The number of benzene rings is 1. The van der Waals surface area contributed by atoms with Crippen LogP contribution in [-0.2, 0) is 0 Å². The van der Waals surface area contributed by atoms with Crippen LogP contribution in [0.2, 0.25) is 0 Å². The summed E-state index contributed by atoms with van der Waals surface area (Å²) >= 11 is 0. The Morgan fingerprint density at radius 1 is 1.37 bits per heavy atom. The van der Waals surface area contributed by atoms with Crippen molar-refractivity contribution in [3.63, 3.8) is 0 Å². The molecule has 1 fully saturated rings. The van der Waals surface area contributed by atoms with Crippen molar-refractivity contribution in [1.29, 1.82) is 0 Å². The molecule has 0 radical (unpaired) electrons. The average molecular weight is 262 g/mol. The van der Waals surface area contributed by atoms with Crippen LogP contribution in [-0.4, -0.2) is 43.0 Å². The van der Waals surface area contributed by atoms with E-state index in [0.717, 1.165) is 19.5 Å². The van der Waals surface area contributed by atoms with Gasteiger partial charge in [0.2, 0.25) is 0 Å². The summed E-state index contributed by atoms with van der Waals surface area (Å²) < 4.78 is 0. The van der Waals surface area contributed by atoms with Gasteiger partial charge in [-0.1, -0.05) is 0 Å². The fourth-order valence-electron chi connectivity index (χ4n) is 2.18. The predicted octanol–water partition coefficient (Wildman–Crippen LogP) is 0.611. The van der Waals surface area contributed by atoms with E-state index in [2.05, 4.69) is 10.6 Å². The lowest BCUT2D eigenvalue weighted by atomic mass is 10.1. The van der Waals surface area contributed by atoms with E-state index in [1.54, 1.807) is 29.2 Å². The van der Waals surface area contributed by atoms with Crippen molar-refractivity contribution >= 4 is 17.6 Å². The first-order valence-electron chi connectivity index (χ1n) is 6.22. The third kappa shape index (κ3) is 3.23. The second kappa shape index (κ2) is 5.71. The molecule has 0 spiro atoms. The Bertz CT molecular complexity index is 466. The van der Waals surface area contributed by atoms with Gasteiger partial charge in [-0.3, -0.25) is 4.79 Å². The molecule has 1 unspecified atom stereocenters. The third-order valence-corrected chi connectivity index (χ3v) is 3.30. The molecule has 1 heterocycles. The zero-order valence-corrected chi connectivity index (χ0v) is 10.8. The van der Waals surface area contributed by atoms with E-state index in [1.165, 1.54) is 0 Å². The highest BCUT2D eigenvalue weighted by Gasteiger charge is 2.23. The number of hydrogen-bond acceptors (Lipinski definition) is 3. The smallest absolute Gasteiger partial charge is 0.316 e. The standard InChI is InChI=1S/C13H18N4O2/c1-17(11-6-7-15-8-11)12(18)9-2-4-10(5-3-9)16-13(14)19/h2-5,11,15H,6-8H2,1H3,(H3,14,16,19). The first-order chi connectivity index (χ1) is 9.08. The summed E-state index contributed by atoms with van der Waals surface area (Å²) in [7, 11) is 1.82. The molecule has 6 nitrogen and oxygen atoms in total. The van der Waals surface area contributed by atoms with E-state index < -0.39 is 6.03 Å². The second-order valence-corrected chi connectivity index (χ2v) is 4.63. The number of carbonyl (C=O) groups is 2. The minimum atomic E-state index is -0.617. The number of likely N-dealkylation sites (N-methyl/N-ethyl adjacent to an activating group) is 1. The Kier molecular flexibility index (Phi) is 4.01. The molecule has 0 bridgehead atoms. The molecule has 4 N–H and O–H groups in total. The Morgan fingerprint density at radius 3 is 2.58 bits per heavy atom. The van der Waals surface area contributed by atoms with E-state index in [-0.39, 0.29) is 11.9 Å². The maximum atomic E-state index is 12.3. The number of nitrogens with two attached hydrogens (primary N) is 1. The molecule has 1 atom stereocenters. The first-order valence-corrected chi connectivity index (χ1v) is 6.22. The van der Waals surface area contributed by atoms with Crippen LogP contribution < -0.4 is 16.4 Å². The molecule has 0 aromatic heterocycles. The van der Waals surface area contributed by atoms with Gasteiger partial charge in [0.05, 0.1) is 0 Å². The Labute approximate surface area is 112 Å². The van der Waals surface area contributed by atoms with Gasteiger partial charge >= 0.3 is 6.03 Å². The SMILES string of the molecule is CN(C(=O)c1ccc(NC(N)=O)cc1)C1CCNC1. The molecule has 1 aromatic rings. The van der Waals surface area contributed by atoms with Gasteiger partial charge < -0.3 is 21.3 Å². The molecular formula is C13H18N4O2. The summed E-state index contributed by atoms with van der Waals surface area (Å²) in [5.74, 6) is -0.0145. The predicted molar refractivity (Wildman–Crippen MR) is 73.0 cm³/mol. The van der Waals surface area contributed by atoms with Crippen LogP contribution in [0.1, 0.15) is 16.8 Å². The highest BCUT2D eigenvalue weighted by atomic mass is 16.2. The van der Waals surface area contributed by atoms with Crippen LogP contribution in [0.25, 0.3) is 0 Å². The number of rotatable bonds is 3. The molecule has 0 saturated carbocycles. The Morgan fingerprint density at radius 2 is 2.05 bits per heavy atom. The third-order valence-electron chi connectivity index (χ3n) is 3.30. The lowest BCUT2D eigenvalue weighted by molar-refractivity contribution is 0.0744. The molecule has 1 aromatic carbocycles. The molecule has 0 aliphatic carbocycles. The monoisotopic (exact) mass is 262 g/mol. The van der Waals surface area contributed by atoms with Gasteiger partial charge in [0, 0.05) is 30.9 Å². The van der Waals surface area contributed by atoms with Gasteiger partial charge in [-0.25, -0.2) is 4.79 Å². The number of hydrogen-bond donors (Lipinski definition) is 3. The highest BCUT2D eigenvalue weighted by molar-refractivity contribution is 5.95. The molecule has 19 heavy (non-hydrogen) atoms. The minimum Gasteiger partial charge on any atom is -0.351 e.